The SMILES string of the molecule is Cc1ncnc(Cl)c1Cc1ccc(F)c(F)c1. The summed E-state index contributed by atoms with van der Waals surface area (Å²) >= 11 is 5.93. The first kappa shape index (κ1) is 11.9. The molecule has 0 aliphatic heterocycles. The molecule has 0 unspecified atom stereocenters. The Bertz CT molecular complexity index is 538. The Hall–Kier alpha value is -1.55. The second-order valence-electron chi connectivity index (χ2n) is 3.65. The predicted octanol–water partition coefficient (Wildman–Crippen LogP) is 3.31. The van der Waals surface area contributed by atoms with Crippen molar-refractivity contribution in [1.82, 2.24) is 9.97 Å². The van der Waals surface area contributed by atoms with Crippen LogP contribution in [-0.2, 0) is 6.42 Å². The summed E-state index contributed by atoms with van der Waals surface area (Å²) in [6, 6.07) is 3.76. The third-order valence-electron chi connectivity index (χ3n) is 2.47. The van der Waals surface area contributed by atoms with Gasteiger partial charge in [-0.15, -0.1) is 0 Å². The van der Waals surface area contributed by atoms with Gasteiger partial charge in [0.05, 0.1) is 0 Å². The first-order chi connectivity index (χ1) is 8.08. The number of benzene rings is 1. The molecular formula is C12H9ClF2N2. The van der Waals surface area contributed by atoms with Gasteiger partial charge in [-0.2, -0.15) is 0 Å². The third-order valence-corrected chi connectivity index (χ3v) is 2.80. The van der Waals surface area contributed by atoms with E-state index < -0.39 is 11.6 Å². The molecule has 2 nitrogen and oxygen atoms in total. The molecule has 88 valence electrons. The number of hydrogen-bond acceptors (Lipinski definition) is 2. The van der Waals surface area contributed by atoms with Gasteiger partial charge in [0.15, 0.2) is 11.6 Å². The van der Waals surface area contributed by atoms with Gasteiger partial charge < -0.3 is 0 Å². The Labute approximate surface area is 102 Å². The van der Waals surface area contributed by atoms with Crippen molar-refractivity contribution < 1.29 is 8.78 Å². The Balaban J connectivity index is 2.35. The molecule has 2 aromatic rings. The number of rotatable bonds is 2. The number of hydrogen-bond donors (Lipinski definition) is 0. The van der Waals surface area contributed by atoms with Gasteiger partial charge in [0, 0.05) is 17.7 Å². The van der Waals surface area contributed by atoms with Crippen LogP contribution in [0, 0.1) is 18.6 Å². The minimum absolute atomic E-state index is 0.335. The molecule has 2 rings (SSSR count). The van der Waals surface area contributed by atoms with Crippen molar-refractivity contribution in [3.05, 3.63) is 58.1 Å². The molecule has 0 saturated carbocycles. The standard InChI is InChI=1S/C12H9ClF2N2/c1-7-9(12(13)17-6-16-7)4-8-2-3-10(14)11(15)5-8/h2-3,5-6H,4H2,1H3. The lowest BCUT2D eigenvalue weighted by molar-refractivity contribution is 0.507. The fourth-order valence-corrected chi connectivity index (χ4v) is 1.77. The Morgan fingerprint density at radius 2 is 1.94 bits per heavy atom. The topological polar surface area (TPSA) is 25.8 Å². The minimum atomic E-state index is -0.867. The van der Waals surface area contributed by atoms with E-state index in [0.717, 1.165) is 23.4 Å². The summed E-state index contributed by atoms with van der Waals surface area (Å²) in [6.07, 6.45) is 1.75. The van der Waals surface area contributed by atoms with Gasteiger partial charge in [-0.3, -0.25) is 0 Å². The predicted molar refractivity (Wildman–Crippen MR) is 60.9 cm³/mol. The zero-order chi connectivity index (χ0) is 12.4. The summed E-state index contributed by atoms with van der Waals surface area (Å²) in [7, 11) is 0. The molecule has 1 aromatic carbocycles. The van der Waals surface area contributed by atoms with E-state index in [1.54, 1.807) is 6.92 Å². The normalized spacial score (nSPS) is 10.6. The van der Waals surface area contributed by atoms with E-state index in [4.69, 9.17) is 11.6 Å². The number of aryl methyl sites for hydroxylation is 1. The highest BCUT2D eigenvalue weighted by Gasteiger charge is 2.09. The third kappa shape index (κ3) is 2.58. The van der Waals surface area contributed by atoms with Crippen LogP contribution >= 0.6 is 11.6 Å². The maximum atomic E-state index is 13.0. The maximum Gasteiger partial charge on any atom is 0.159 e. The summed E-state index contributed by atoms with van der Waals surface area (Å²) in [5, 5.41) is 0.335. The highest BCUT2D eigenvalue weighted by molar-refractivity contribution is 6.30. The quantitative estimate of drug-likeness (QED) is 0.769. The summed E-state index contributed by atoms with van der Waals surface area (Å²) in [6.45, 7) is 1.79. The van der Waals surface area contributed by atoms with Crippen LogP contribution in [0.3, 0.4) is 0 Å². The molecule has 0 N–H and O–H groups in total. The van der Waals surface area contributed by atoms with Gasteiger partial charge in [0.25, 0.3) is 0 Å². The van der Waals surface area contributed by atoms with Crippen molar-refractivity contribution >= 4 is 11.6 Å². The first-order valence-corrected chi connectivity index (χ1v) is 5.35. The van der Waals surface area contributed by atoms with Crippen LogP contribution in [0.5, 0.6) is 0 Å². The lowest BCUT2D eigenvalue weighted by Gasteiger charge is -2.06. The summed E-state index contributed by atoms with van der Waals surface area (Å²) in [5.41, 5.74) is 2.08. The summed E-state index contributed by atoms with van der Waals surface area (Å²) in [4.78, 5) is 7.88. The van der Waals surface area contributed by atoms with Gasteiger partial charge in [-0.25, -0.2) is 18.7 Å². The zero-order valence-corrected chi connectivity index (χ0v) is 9.80. The van der Waals surface area contributed by atoms with Crippen molar-refractivity contribution in [3.63, 3.8) is 0 Å². The second kappa shape index (κ2) is 4.75. The fraction of sp³-hybridized carbons (Fsp3) is 0.167. The molecule has 0 atom stereocenters. The van der Waals surface area contributed by atoms with Gasteiger partial charge in [0.2, 0.25) is 0 Å². The Morgan fingerprint density at radius 1 is 1.18 bits per heavy atom. The van der Waals surface area contributed by atoms with Gasteiger partial charge >= 0.3 is 0 Å². The van der Waals surface area contributed by atoms with Crippen molar-refractivity contribution in [2.75, 3.05) is 0 Å². The van der Waals surface area contributed by atoms with Crippen LogP contribution < -0.4 is 0 Å². The van der Waals surface area contributed by atoms with Crippen molar-refractivity contribution in [2.24, 2.45) is 0 Å². The van der Waals surface area contributed by atoms with E-state index in [1.807, 2.05) is 0 Å². The number of halogens is 3. The first-order valence-electron chi connectivity index (χ1n) is 4.98. The lowest BCUT2D eigenvalue weighted by atomic mass is 10.1. The zero-order valence-electron chi connectivity index (χ0n) is 9.04. The molecule has 5 heteroatoms. The molecule has 17 heavy (non-hydrogen) atoms. The van der Waals surface area contributed by atoms with Crippen molar-refractivity contribution in [1.29, 1.82) is 0 Å². The molecule has 1 heterocycles. The Kier molecular flexibility index (Phi) is 3.33. The molecule has 0 bridgehead atoms. The second-order valence-corrected chi connectivity index (χ2v) is 4.01. The van der Waals surface area contributed by atoms with E-state index in [1.165, 1.54) is 12.4 Å². The van der Waals surface area contributed by atoms with Gasteiger partial charge in [-0.1, -0.05) is 17.7 Å². The van der Waals surface area contributed by atoms with Crippen molar-refractivity contribution in [3.8, 4) is 0 Å². The van der Waals surface area contributed by atoms with Crippen LogP contribution in [0.4, 0.5) is 8.78 Å². The molecule has 0 spiro atoms. The van der Waals surface area contributed by atoms with Gasteiger partial charge in [0.1, 0.15) is 11.5 Å². The Morgan fingerprint density at radius 3 is 2.59 bits per heavy atom. The van der Waals surface area contributed by atoms with Gasteiger partial charge in [-0.05, 0) is 24.6 Å². The number of aromatic nitrogens is 2. The molecule has 1 aromatic heterocycles. The minimum Gasteiger partial charge on any atom is -0.241 e. The molecule has 0 aliphatic carbocycles. The smallest absolute Gasteiger partial charge is 0.159 e. The summed E-state index contributed by atoms with van der Waals surface area (Å²) < 4.78 is 25.8. The largest absolute Gasteiger partial charge is 0.241 e. The molecular weight excluding hydrogens is 246 g/mol. The van der Waals surface area contributed by atoms with E-state index in [2.05, 4.69) is 9.97 Å². The average molecular weight is 255 g/mol. The average Bonchev–Trinajstić information content (AvgIpc) is 2.28. The number of nitrogens with zero attached hydrogens (tertiary/aromatic N) is 2. The molecule has 0 radical (unpaired) electrons. The van der Waals surface area contributed by atoms with E-state index in [0.29, 0.717) is 17.1 Å². The van der Waals surface area contributed by atoms with Crippen LogP contribution in [0.25, 0.3) is 0 Å². The highest BCUT2D eigenvalue weighted by atomic mass is 35.5. The molecule has 0 fully saturated rings. The lowest BCUT2D eigenvalue weighted by Crippen LogP contribution is -1.98. The molecule has 0 amide bonds. The van der Waals surface area contributed by atoms with E-state index in [9.17, 15) is 8.78 Å². The molecule has 0 aliphatic rings. The van der Waals surface area contributed by atoms with E-state index >= 15 is 0 Å². The monoisotopic (exact) mass is 254 g/mol. The van der Waals surface area contributed by atoms with Crippen LogP contribution in [0.2, 0.25) is 5.15 Å². The molecule has 0 saturated heterocycles. The fourth-order valence-electron chi connectivity index (χ4n) is 1.53. The van der Waals surface area contributed by atoms with Crippen LogP contribution in [-0.4, -0.2) is 9.97 Å². The van der Waals surface area contributed by atoms with Crippen LogP contribution in [0.1, 0.15) is 16.8 Å². The van der Waals surface area contributed by atoms with E-state index in [-0.39, 0.29) is 0 Å². The highest BCUT2D eigenvalue weighted by Crippen LogP contribution is 2.20. The van der Waals surface area contributed by atoms with Crippen LogP contribution in [0.15, 0.2) is 24.5 Å². The summed E-state index contributed by atoms with van der Waals surface area (Å²) in [5.74, 6) is -1.73. The maximum absolute atomic E-state index is 13.0. The van der Waals surface area contributed by atoms with Crippen molar-refractivity contribution in [2.45, 2.75) is 13.3 Å².